The van der Waals surface area contributed by atoms with Gasteiger partial charge in [-0.15, -0.1) is 0 Å². The molecule has 2 bridgehead atoms. The van der Waals surface area contributed by atoms with Gasteiger partial charge in [-0.25, -0.2) is 0 Å². The molecular formula is C34H26O2. The number of hydrogen-bond donors (Lipinski definition) is 0. The van der Waals surface area contributed by atoms with Crippen LogP contribution in [0.2, 0.25) is 0 Å². The van der Waals surface area contributed by atoms with Gasteiger partial charge in [0, 0.05) is 11.8 Å². The van der Waals surface area contributed by atoms with Crippen LogP contribution in [0.15, 0.2) is 109 Å². The molecule has 0 aromatic heterocycles. The highest BCUT2D eigenvalue weighted by molar-refractivity contribution is 5.76. The molecule has 0 amide bonds. The van der Waals surface area contributed by atoms with Gasteiger partial charge in [0.05, 0.1) is 14.2 Å². The zero-order chi connectivity index (χ0) is 24.2. The Morgan fingerprint density at radius 2 is 0.750 bits per heavy atom. The van der Waals surface area contributed by atoms with Crippen molar-refractivity contribution < 1.29 is 9.47 Å². The quantitative estimate of drug-likeness (QED) is 0.261. The fourth-order valence-corrected chi connectivity index (χ4v) is 6.14. The van der Waals surface area contributed by atoms with Gasteiger partial charge >= 0.3 is 0 Å². The average Bonchev–Trinajstić information content (AvgIpc) is 2.96. The van der Waals surface area contributed by atoms with E-state index in [4.69, 9.17) is 9.47 Å². The SMILES string of the molecule is COc1ccc(-c2ccc3c(c2)[C@H]2c4ccccc4[C@@H]3c3cc(-c4ccc(OC)cc4)ccc32)cc1. The lowest BCUT2D eigenvalue weighted by atomic mass is 9.60. The highest BCUT2D eigenvalue weighted by Crippen LogP contribution is 2.56. The average molecular weight is 467 g/mol. The summed E-state index contributed by atoms with van der Waals surface area (Å²) in [6.07, 6.45) is 0. The molecule has 0 aliphatic heterocycles. The van der Waals surface area contributed by atoms with Gasteiger partial charge in [-0.3, -0.25) is 0 Å². The molecule has 8 rings (SSSR count). The minimum Gasteiger partial charge on any atom is -0.497 e. The zero-order valence-electron chi connectivity index (χ0n) is 20.4. The summed E-state index contributed by atoms with van der Waals surface area (Å²) < 4.78 is 10.7. The summed E-state index contributed by atoms with van der Waals surface area (Å²) in [5, 5.41) is 0. The number of ether oxygens (including phenoxy) is 2. The van der Waals surface area contributed by atoms with Crippen molar-refractivity contribution in [3.05, 3.63) is 143 Å². The van der Waals surface area contributed by atoms with Crippen molar-refractivity contribution in [2.24, 2.45) is 0 Å². The lowest BCUT2D eigenvalue weighted by Crippen LogP contribution is -2.27. The molecule has 0 saturated carbocycles. The standard InChI is InChI=1S/C34H26O2/c1-35-25-13-7-21(8-14-25)23-11-17-29-31(19-23)33-27-5-3-4-6-28(27)34(29)32-20-24(12-18-30(32)33)22-9-15-26(36-2)16-10-22/h3-20,33-34H,1-2H3/t33-,34-/m0/s1. The fraction of sp³-hybridized carbons (Fsp3) is 0.118. The molecule has 0 unspecified atom stereocenters. The van der Waals surface area contributed by atoms with Crippen molar-refractivity contribution in [2.75, 3.05) is 14.2 Å². The molecule has 0 radical (unpaired) electrons. The van der Waals surface area contributed by atoms with Crippen LogP contribution >= 0.6 is 0 Å². The molecule has 3 aliphatic carbocycles. The van der Waals surface area contributed by atoms with E-state index in [9.17, 15) is 0 Å². The van der Waals surface area contributed by atoms with Crippen LogP contribution in [0.1, 0.15) is 45.2 Å². The molecule has 5 aromatic carbocycles. The third kappa shape index (κ3) is 3.11. The Balaban J connectivity index is 1.37. The Labute approximate surface area is 211 Å². The minimum absolute atomic E-state index is 0.249. The first-order chi connectivity index (χ1) is 17.7. The van der Waals surface area contributed by atoms with Gasteiger partial charge in [0.1, 0.15) is 11.5 Å². The molecule has 2 atom stereocenters. The molecule has 0 fully saturated rings. The van der Waals surface area contributed by atoms with Crippen molar-refractivity contribution in [3.8, 4) is 33.8 Å². The van der Waals surface area contributed by atoms with Gasteiger partial charge < -0.3 is 9.47 Å². The predicted molar refractivity (Wildman–Crippen MR) is 145 cm³/mol. The maximum Gasteiger partial charge on any atom is 0.118 e. The van der Waals surface area contributed by atoms with Gasteiger partial charge in [-0.05, 0) is 92.0 Å². The summed E-state index contributed by atoms with van der Waals surface area (Å²) in [5.74, 6) is 2.26. The van der Waals surface area contributed by atoms with E-state index >= 15 is 0 Å². The highest BCUT2D eigenvalue weighted by atomic mass is 16.5. The third-order valence-electron chi connectivity index (χ3n) is 7.88. The second-order valence-electron chi connectivity index (χ2n) is 9.64. The van der Waals surface area contributed by atoms with Crippen LogP contribution in [0.3, 0.4) is 0 Å². The Morgan fingerprint density at radius 3 is 1.14 bits per heavy atom. The first-order valence-electron chi connectivity index (χ1n) is 12.4. The lowest BCUT2D eigenvalue weighted by Gasteiger charge is -2.42. The first kappa shape index (κ1) is 21.0. The molecule has 174 valence electrons. The first-order valence-corrected chi connectivity index (χ1v) is 12.4. The molecule has 36 heavy (non-hydrogen) atoms. The molecule has 2 heteroatoms. The number of methoxy groups -OCH3 is 2. The highest BCUT2D eigenvalue weighted by Gasteiger charge is 2.41. The van der Waals surface area contributed by atoms with Crippen LogP contribution in [0, 0.1) is 0 Å². The van der Waals surface area contributed by atoms with Crippen LogP contribution in [-0.2, 0) is 0 Å². The molecule has 3 aliphatic rings. The van der Waals surface area contributed by atoms with E-state index in [0.29, 0.717) is 0 Å². The Bertz CT molecular complexity index is 1470. The van der Waals surface area contributed by atoms with Crippen LogP contribution < -0.4 is 9.47 Å². The smallest absolute Gasteiger partial charge is 0.118 e. The zero-order valence-corrected chi connectivity index (χ0v) is 20.4. The third-order valence-corrected chi connectivity index (χ3v) is 7.88. The molecule has 0 heterocycles. The van der Waals surface area contributed by atoms with E-state index in [-0.39, 0.29) is 11.8 Å². The van der Waals surface area contributed by atoms with Crippen molar-refractivity contribution in [2.45, 2.75) is 11.8 Å². The monoisotopic (exact) mass is 466 g/mol. The summed E-state index contributed by atoms with van der Waals surface area (Å²) in [4.78, 5) is 0. The number of benzene rings is 5. The van der Waals surface area contributed by atoms with Crippen LogP contribution in [0.25, 0.3) is 22.3 Å². The largest absolute Gasteiger partial charge is 0.497 e. The van der Waals surface area contributed by atoms with Crippen molar-refractivity contribution >= 4 is 0 Å². The summed E-state index contributed by atoms with van der Waals surface area (Å²) in [6, 6.07) is 39.8. The molecule has 0 spiro atoms. The van der Waals surface area contributed by atoms with Crippen molar-refractivity contribution in [1.29, 1.82) is 0 Å². The van der Waals surface area contributed by atoms with Gasteiger partial charge in [0.25, 0.3) is 0 Å². The van der Waals surface area contributed by atoms with E-state index in [2.05, 4.69) is 84.9 Å². The Hall–Kier alpha value is -4.30. The van der Waals surface area contributed by atoms with E-state index in [1.54, 1.807) is 14.2 Å². The summed E-state index contributed by atoms with van der Waals surface area (Å²) in [6.45, 7) is 0. The molecule has 2 nitrogen and oxygen atoms in total. The normalized spacial score (nSPS) is 16.6. The van der Waals surface area contributed by atoms with Crippen LogP contribution in [0.5, 0.6) is 11.5 Å². The second-order valence-corrected chi connectivity index (χ2v) is 9.64. The molecule has 5 aromatic rings. The van der Waals surface area contributed by atoms with Crippen LogP contribution in [0.4, 0.5) is 0 Å². The molecular weight excluding hydrogens is 440 g/mol. The maximum atomic E-state index is 5.36. The van der Waals surface area contributed by atoms with Crippen LogP contribution in [-0.4, -0.2) is 14.2 Å². The second kappa shape index (κ2) is 8.13. The van der Waals surface area contributed by atoms with E-state index < -0.39 is 0 Å². The summed E-state index contributed by atoms with van der Waals surface area (Å²) in [5.41, 5.74) is 13.5. The van der Waals surface area contributed by atoms with Crippen molar-refractivity contribution in [3.63, 3.8) is 0 Å². The van der Waals surface area contributed by atoms with Gasteiger partial charge in [0.2, 0.25) is 0 Å². The Kier molecular flexibility index (Phi) is 4.75. The fourth-order valence-electron chi connectivity index (χ4n) is 6.14. The van der Waals surface area contributed by atoms with E-state index in [0.717, 1.165) is 11.5 Å². The summed E-state index contributed by atoms with van der Waals surface area (Å²) in [7, 11) is 3.42. The lowest BCUT2D eigenvalue weighted by molar-refractivity contribution is 0.415. The maximum absolute atomic E-state index is 5.36. The van der Waals surface area contributed by atoms with Gasteiger partial charge in [-0.1, -0.05) is 72.8 Å². The van der Waals surface area contributed by atoms with Gasteiger partial charge in [-0.2, -0.15) is 0 Å². The predicted octanol–water partition coefficient (Wildman–Crippen LogP) is 8.03. The van der Waals surface area contributed by atoms with E-state index in [1.165, 1.54) is 55.6 Å². The topological polar surface area (TPSA) is 18.5 Å². The van der Waals surface area contributed by atoms with Crippen molar-refractivity contribution in [1.82, 2.24) is 0 Å². The number of hydrogen-bond acceptors (Lipinski definition) is 2. The number of rotatable bonds is 4. The van der Waals surface area contributed by atoms with Gasteiger partial charge in [0.15, 0.2) is 0 Å². The molecule has 0 saturated heterocycles. The Morgan fingerprint density at radius 1 is 0.389 bits per heavy atom. The molecule has 0 N–H and O–H groups in total. The summed E-state index contributed by atoms with van der Waals surface area (Å²) >= 11 is 0. The minimum atomic E-state index is 0.249. The van der Waals surface area contributed by atoms with E-state index in [1.807, 2.05) is 24.3 Å².